The summed E-state index contributed by atoms with van der Waals surface area (Å²) in [5, 5.41) is 9.26. The van der Waals surface area contributed by atoms with E-state index < -0.39 is 0 Å². The molecule has 1 aliphatic heterocycles. The molecule has 1 aliphatic rings. The van der Waals surface area contributed by atoms with Crippen molar-refractivity contribution in [1.29, 1.82) is 5.26 Å². The van der Waals surface area contributed by atoms with E-state index in [2.05, 4.69) is 11.1 Å². The lowest BCUT2D eigenvalue weighted by Gasteiger charge is -2.29. The van der Waals surface area contributed by atoms with Gasteiger partial charge in [-0.2, -0.15) is 10.2 Å². The van der Waals surface area contributed by atoms with Crippen molar-refractivity contribution in [1.82, 2.24) is 4.98 Å². The highest BCUT2D eigenvalue weighted by Crippen LogP contribution is 2.55. The minimum absolute atomic E-state index is 0.0340. The van der Waals surface area contributed by atoms with E-state index in [1.54, 1.807) is 32.0 Å². The Morgan fingerprint density at radius 2 is 1.75 bits per heavy atom. The number of hydrogen-bond acceptors (Lipinski definition) is 9. The third-order valence-corrected chi connectivity index (χ3v) is 6.52. The van der Waals surface area contributed by atoms with Gasteiger partial charge in [-0.1, -0.05) is 0 Å². The number of rotatable bonds is 5. The van der Waals surface area contributed by atoms with Gasteiger partial charge in [-0.25, -0.2) is 0 Å². The normalized spacial score (nSPS) is 13.9. The maximum atomic E-state index is 9.57. The van der Waals surface area contributed by atoms with E-state index in [1.807, 2.05) is 49.3 Å². The van der Waals surface area contributed by atoms with Crippen LogP contribution in [0.15, 0.2) is 41.3 Å². The first kappa shape index (κ1) is 21.5. The van der Waals surface area contributed by atoms with Crippen molar-refractivity contribution in [2.45, 2.75) is 10.1 Å². The zero-order chi connectivity index (χ0) is 23.0. The van der Waals surface area contributed by atoms with Crippen molar-refractivity contribution in [3.63, 3.8) is 0 Å². The maximum absolute atomic E-state index is 9.57. The van der Waals surface area contributed by atoms with Gasteiger partial charge in [0.2, 0.25) is 5.88 Å². The second-order valence-corrected chi connectivity index (χ2v) is 8.53. The van der Waals surface area contributed by atoms with Crippen LogP contribution >= 0.6 is 11.8 Å². The standard InChI is InChI=1S/C23H23N5O3S/c1-28(2)12-5-7-13(8-6-12)32-21-14-9-17(29-3)18(30-4)10-16(14)31-23-19(21)20(25)15(11-24)22(26)27-23/h5-10,21H,1-4H3,(H4,25,26,27). The van der Waals surface area contributed by atoms with Crippen LogP contribution in [0.25, 0.3) is 0 Å². The van der Waals surface area contributed by atoms with E-state index in [-0.39, 0.29) is 28.2 Å². The Morgan fingerprint density at radius 3 is 2.34 bits per heavy atom. The van der Waals surface area contributed by atoms with Gasteiger partial charge in [0.1, 0.15) is 23.2 Å². The van der Waals surface area contributed by atoms with Gasteiger partial charge in [0.05, 0.1) is 30.7 Å². The summed E-state index contributed by atoms with van der Waals surface area (Å²) in [6.45, 7) is 0. The van der Waals surface area contributed by atoms with Crippen molar-refractivity contribution < 1.29 is 14.2 Å². The fraction of sp³-hybridized carbons (Fsp3) is 0.217. The van der Waals surface area contributed by atoms with Gasteiger partial charge in [0, 0.05) is 36.3 Å². The monoisotopic (exact) mass is 449 g/mol. The predicted octanol–water partition coefficient (Wildman–Crippen LogP) is 4.19. The number of aromatic nitrogens is 1. The van der Waals surface area contributed by atoms with Crippen molar-refractivity contribution in [3.05, 3.63) is 53.1 Å². The van der Waals surface area contributed by atoms with Crippen LogP contribution < -0.4 is 30.6 Å². The first-order valence-electron chi connectivity index (χ1n) is 9.74. The van der Waals surface area contributed by atoms with Crippen LogP contribution in [0.5, 0.6) is 23.1 Å². The Labute approximate surface area is 190 Å². The third kappa shape index (κ3) is 3.59. The van der Waals surface area contributed by atoms with Crippen LogP contribution in [-0.2, 0) is 0 Å². The number of fused-ring (bicyclic) bond motifs is 2. The average molecular weight is 450 g/mol. The topological polar surface area (TPSA) is 120 Å². The highest BCUT2D eigenvalue weighted by Gasteiger charge is 2.35. The molecule has 0 amide bonds. The molecule has 3 aromatic rings. The van der Waals surface area contributed by atoms with Crippen molar-refractivity contribution >= 4 is 29.0 Å². The second-order valence-electron chi connectivity index (χ2n) is 7.35. The number of nitrogen functional groups attached to an aromatic ring is 2. The summed E-state index contributed by atoms with van der Waals surface area (Å²) in [5.41, 5.74) is 15.3. The summed E-state index contributed by atoms with van der Waals surface area (Å²) in [4.78, 5) is 7.39. The van der Waals surface area contributed by atoms with Crippen LogP contribution in [0.2, 0.25) is 0 Å². The molecule has 0 saturated carbocycles. The number of ether oxygens (including phenoxy) is 3. The van der Waals surface area contributed by atoms with Crippen LogP contribution in [0, 0.1) is 11.3 Å². The Hall–Kier alpha value is -3.77. The number of hydrogen-bond donors (Lipinski definition) is 2. The molecule has 0 spiro atoms. The minimum Gasteiger partial charge on any atom is -0.493 e. The molecule has 0 radical (unpaired) electrons. The molecule has 8 nitrogen and oxygen atoms in total. The molecule has 0 aliphatic carbocycles. The van der Waals surface area contributed by atoms with Gasteiger partial charge in [-0.3, -0.25) is 0 Å². The average Bonchev–Trinajstić information content (AvgIpc) is 2.78. The summed E-state index contributed by atoms with van der Waals surface area (Å²) in [7, 11) is 7.13. The van der Waals surface area contributed by atoms with E-state index in [0.717, 1.165) is 16.1 Å². The van der Waals surface area contributed by atoms with Crippen LogP contribution in [-0.4, -0.2) is 33.3 Å². The number of benzene rings is 2. The largest absolute Gasteiger partial charge is 0.493 e. The molecule has 1 aromatic heterocycles. The van der Waals surface area contributed by atoms with Gasteiger partial charge in [0.15, 0.2) is 11.5 Å². The number of pyridine rings is 1. The zero-order valence-electron chi connectivity index (χ0n) is 18.2. The van der Waals surface area contributed by atoms with E-state index in [1.165, 1.54) is 0 Å². The van der Waals surface area contributed by atoms with E-state index in [9.17, 15) is 5.26 Å². The van der Waals surface area contributed by atoms with Crippen molar-refractivity contribution in [3.8, 4) is 29.2 Å². The third-order valence-electron chi connectivity index (χ3n) is 5.25. The smallest absolute Gasteiger partial charge is 0.228 e. The molecule has 0 bridgehead atoms. The van der Waals surface area contributed by atoms with Gasteiger partial charge >= 0.3 is 0 Å². The Kier molecular flexibility index (Phi) is 5.63. The van der Waals surface area contributed by atoms with Crippen LogP contribution in [0.4, 0.5) is 17.2 Å². The quantitative estimate of drug-likeness (QED) is 0.591. The summed E-state index contributed by atoms with van der Waals surface area (Å²) in [6, 6.07) is 13.9. The lowest BCUT2D eigenvalue weighted by Crippen LogP contribution is -2.15. The number of nitrogens with zero attached hydrogens (tertiary/aromatic N) is 3. The number of nitriles is 1. The van der Waals surface area contributed by atoms with Gasteiger partial charge in [-0.05, 0) is 30.3 Å². The molecule has 2 heterocycles. The highest BCUT2D eigenvalue weighted by molar-refractivity contribution is 7.99. The fourth-order valence-corrected chi connectivity index (χ4v) is 4.79. The SMILES string of the molecule is COc1cc2c(cc1OC)C(Sc1ccc(N(C)C)cc1)c1c(nc(N)c(C#N)c1N)O2. The summed E-state index contributed by atoms with van der Waals surface area (Å²) < 4.78 is 17.0. The van der Waals surface area contributed by atoms with Crippen molar-refractivity contribution in [2.75, 3.05) is 44.7 Å². The Bertz CT molecular complexity index is 1220. The van der Waals surface area contributed by atoms with Gasteiger partial charge in [-0.15, -0.1) is 11.8 Å². The molecule has 0 fully saturated rings. The molecule has 1 atom stereocenters. The second kappa shape index (κ2) is 8.40. The van der Waals surface area contributed by atoms with E-state index >= 15 is 0 Å². The van der Waals surface area contributed by atoms with Gasteiger partial charge in [0.25, 0.3) is 0 Å². The number of methoxy groups -OCH3 is 2. The molecule has 4 rings (SSSR count). The number of anilines is 3. The lowest BCUT2D eigenvalue weighted by atomic mass is 9.98. The first-order chi connectivity index (χ1) is 15.4. The molecule has 9 heteroatoms. The number of nitrogens with two attached hydrogens (primary N) is 2. The summed E-state index contributed by atoms with van der Waals surface area (Å²) in [5.74, 6) is 1.97. The van der Waals surface area contributed by atoms with Crippen molar-refractivity contribution in [2.24, 2.45) is 0 Å². The molecular formula is C23H23N5O3S. The predicted molar refractivity (Wildman–Crippen MR) is 126 cm³/mol. The fourth-order valence-electron chi connectivity index (χ4n) is 3.57. The van der Waals surface area contributed by atoms with Gasteiger partial charge < -0.3 is 30.6 Å². The summed E-state index contributed by atoms with van der Waals surface area (Å²) in [6.07, 6.45) is 0. The maximum Gasteiger partial charge on any atom is 0.228 e. The first-order valence-corrected chi connectivity index (χ1v) is 10.6. The Morgan fingerprint density at radius 1 is 1.09 bits per heavy atom. The van der Waals surface area contributed by atoms with Crippen LogP contribution in [0.1, 0.15) is 21.9 Å². The van der Waals surface area contributed by atoms with E-state index in [4.69, 9.17) is 25.7 Å². The number of thioether (sulfide) groups is 1. The molecule has 2 aromatic carbocycles. The highest BCUT2D eigenvalue weighted by atomic mass is 32.2. The zero-order valence-corrected chi connectivity index (χ0v) is 19.0. The lowest BCUT2D eigenvalue weighted by molar-refractivity contribution is 0.349. The molecule has 164 valence electrons. The molecule has 32 heavy (non-hydrogen) atoms. The molecule has 4 N–H and O–H groups in total. The molecule has 1 unspecified atom stereocenters. The van der Waals surface area contributed by atoms with Crippen LogP contribution in [0.3, 0.4) is 0 Å². The van der Waals surface area contributed by atoms with E-state index in [0.29, 0.717) is 22.8 Å². The minimum atomic E-state index is -0.307. The summed E-state index contributed by atoms with van der Waals surface area (Å²) >= 11 is 1.58. The molecular weight excluding hydrogens is 426 g/mol. The Balaban J connectivity index is 1.89. The molecule has 0 saturated heterocycles.